The number of sulfonamides is 1. The van der Waals surface area contributed by atoms with Gasteiger partial charge in [-0.15, -0.1) is 0 Å². The molecule has 0 aliphatic carbocycles. The first-order valence-corrected chi connectivity index (χ1v) is 9.51. The summed E-state index contributed by atoms with van der Waals surface area (Å²) in [5, 5.41) is 0. The van der Waals surface area contributed by atoms with Crippen LogP contribution in [0, 0.1) is 3.57 Å². The lowest BCUT2D eigenvalue weighted by Crippen LogP contribution is -2.48. The largest absolute Gasteiger partial charge is 0.354 e. The molecule has 3 rings (SSSR count). The van der Waals surface area contributed by atoms with E-state index < -0.39 is 10.0 Å². The third-order valence-corrected chi connectivity index (χ3v) is 6.30. The molecule has 1 aromatic carbocycles. The Hall–Kier alpha value is -1.19. The molecule has 1 fully saturated rings. The Bertz CT molecular complexity index is 727. The van der Waals surface area contributed by atoms with Gasteiger partial charge in [-0.3, -0.25) is 0 Å². The summed E-state index contributed by atoms with van der Waals surface area (Å²) < 4.78 is 27.8. The standard InChI is InChI=1S/C15H16IN3O2S/c16-13-4-6-14(7-5-13)22(20,21)19-11-9-18(10-12-19)15-3-1-2-8-17-15/h1-8H,9-12H2. The van der Waals surface area contributed by atoms with E-state index >= 15 is 0 Å². The molecule has 0 amide bonds. The van der Waals surface area contributed by atoms with Crippen molar-refractivity contribution in [2.24, 2.45) is 0 Å². The highest BCUT2D eigenvalue weighted by atomic mass is 127. The molecule has 0 bridgehead atoms. The van der Waals surface area contributed by atoms with Gasteiger partial charge in [0.25, 0.3) is 0 Å². The van der Waals surface area contributed by atoms with Crippen molar-refractivity contribution in [1.82, 2.24) is 9.29 Å². The number of piperazine rings is 1. The number of hydrogen-bond donors (Lipinski definition) is 0. The van der Waals surface area contributed by atoms with Crippen LogP contribution < -0.4 is 4.90 Å². The van der Waals surface area contributed by atoms with Crippen LogP contribution >= 0.6 is 22.6 Å². The first kappa shape index (κ1) is 15.7. The molecule has 2 heterocycles. The van der Waals surface area contributed by atoms with Crippen molar-refractivity contribution in [3.05, 3.63) is 52.2 Å². The van der Waals surface area contributed by atoms with Gasteiger partial charge in [0.2, 0.25) is 10.0 Å². The van der Waals surface area contributed by atoms with Crippen molar-refractivity contribution in [2.45, 2.75) is 4.90 Å². The van der Waals surface area contributed by atoms with Crippen molar-refractivity contribution in [1.29, 1.82) is 0 Å². The number of hydrogen-bond acceptors (Lipinski definition) is 4. The van der Waals surface area contributed by atoms with E-state index in [1.165, 1.54) is 0 Å². The lowest BCUT2D eigenvalue weighted by molar-refractivity contribution is 0.384. The molecule has 0 atom stereocenters. The molecule has 0 spiro atoms. The highest BCUT2D eigenvalue weighted by Gasteiger charge is 2.28. The molecule has 116 valence electrons. The van der Waals surface area contributed by atoms with E-state index in [0.29, 0.717) is 31.1 Å². The average Bonchev–Trinajstić information content (AvgIpc) is 2.56. The van der Waals surface area contributed by atoms with Gasteiger partial charge in [0.15, 0.2) is 0 Å². The maximum Gasteiger partial charge on any atom is 0.243 e. The highest BCUT2D eigenvalue weighted by Crippen LogP contribution is 2.20. The number of halogens is 1. The molecule has 2 aromatic rings. The van der Waals surface area contributed by atoms with E-state index in [9.17, 15) is 8.42 Å². The molecular formula is C15H16IN3O2S. The van der Waals surface area contributed by atoms with E-state index in [2.05, 4.69) is 32.5 Å². The molecule has 22 heavy (non-hydrogen) atoms. The highest BCUT2D eigenvalue weighted by molar-refractivity contribution is 14.1. The molecule has 1 aromatic heterocycles. The Morgan fingerprint density at radius 1 is 0.955 bits per heavy atom. The summed E-state index contributed by atoms with van der Waals surface area (Å²) in [7, 11) is -3.40. The zero-order valence-electron chi connectivity index (χ0n) is 11.9. The molecular weight excluding hydrogens is 413 g/mol. The van der Waals surface area contributed by atoms with Gasteiger partial charge in [-0.2, -0.15) is 4.31 Å². The predicted molar refractivity (Wildman–Crippen MR) is 94.4 cm³/mol. The van der Waals surface area contributed by atoms with E-state index in [1.807, 2.05) is 30.3 Å². The van der Waals surface area contributed by atoms with Crippen molar-refractivity contribution >= 4 is 38.4 Å². The van der Waals surface area contributed by atoms with Gasteiger partial charge in [-0.1, -0.05) is 6.07 Å². The van der Waals surface area contributed by atoms with Gasteiger partial charge < -0.3 is 4.90 Å². The van der Waals surface area contributed by atoms with Gasteiger partial charge in [0.05, 0.1) is 4.90 Å². The number of anilines is 1. The van der Waals surface area contributed by atoms with Gasteiger partial charge >= 0.3 is 0 Å². The van der Waals surface area contributed by atoms with Crippen LogP contribution in [0.5, 0.6) is 0 Å². The Kier molecular flexibility index (Phi) is 4.65. The Labute approximate surface area is 144 Å². The molecule has 0 unspecified atom stereocenters. The molecule has 1 aliphatic rings. The number of pyridine rings is 1. The fourth-order valence-corrected chi connectivity index (χ4v) is 4.24. The number of benzene rings is 1. The third kappa shape index (κ3) is 3.26. The normalized spacial score (nSPS) is 16.7. The SMILES string of the molecule is O=S(=O)(c1ccc(I)cc1)N1CCN(c2ccccn2)CC1. The summed E-state index contributed by atoms with van der Waals surface area (Å²) >= 11 is 2.17. The van der Waals surface area contributed by atoms with E-state index in [0.717, 1.165) is 9.39 Å². The summed E-state index contributed by atoms with van der Waals surface area (Å²) in [6.07, 6.45) is 1.75. The minimum Gasteiger partial charge on any atom is -0.354 e. The van der Waals surface area contributed by atoms with Crippen molar-refractivity contribution < 1.29 is 8.42 Å². The predicted octanol–water partition coefficient (Wildman–Crippen LogP) is 2.20. The van der Waals surface area contributed by atoms with Crippen molar-refractivity contribution in [3.8, 4) is 0 Å². The topological polar surface area (TPSA) is 53.5 Å². The maximum absolute atomic E-state index is 12.6. The van der Waals surface area contributed by atoms with E-state index in [-0.39, 0.29) is 0 Å². The van der Waals surface area contributed by atoms with Crippen LogP contribution in [-0.4, -0.2) is 43.9 Å². The molecule has 5 nitrogen and oxygen atoms in total. The second kappa shape index (κ2) is 6.51. The van der Waals surface area contributed by atoms with Crippen LogP contribution in [0.2, 0.25) is 0 Å². The van der Waals surface area contributed by atoms with Gasteiger partial charge in [-0.25, -0.2) is 13.4 Å². The summed E-state index contributed by atoms with van der Waals surface area (Å²) in [5.41, 5.74) is 0. The second-order valence-corrected chi connectivity index (χ2v) is 8.22. The molecule has 0 N–H and O–H groups in total. The van der Waals surface area contributed by atoms with Gasteiger partial charge in [-0.05, 0) is 59.0 Å². The van der Waals surface area contributed by atoms with Gasteiger partial charge in [0.1, 0.15) is 5.82 Å². The summed E-state index contributed by atoms with van der Waals surface area (Å²) in [5.74, 6) is 0.897. The molecule has 1 saturated heterocycles. The monoisotopic (exact) mass is 429 g/mol. The van der Waals surface area contributed by atoms with Crippen LogP contribution in [0.4, 0.5) is 5.82 Å². The summed E-state index contributed by atoms with van der Waals surface area (Å²) in [4.78, 5) is 6.79. The summed E-state index contributed by atoms with van der Waals surface area (Å²) in [6.45, 7) is 2.26. The number of nitrogens with zero attached hydrogens (tertiary/aromatic N) is 3. The van der Waals surface area contributed by atoms with Crippen LogP contribution in [-0.2, 0) is 10.0 Å². The fourth-order valence-electron chi connectivity index (χ4n) is 2.45. The van der Waals surface area contributed by atoms with E-state index in [4.69, 9.17) is 0 Å². The lowest BCUT2D eigenvalue weighted by atomic mass is 10.3. The zero-order chi connectivity index (χ0) is 15.6. The minimum absolute atomic E-state index is 0.360. The smallest absolute Gasteiger partial charge is 0.243 e. The Morgan fingerprint density at radius 2 is 1.64 bits per heavy atom. The molecule has 0 radical (unpaired) electrons. The first-order chi connectivity index (χ1) is 10.6. The molecule has 7 heteroatoms. The third-order valence-electron chi connectivity index (χ3n) is 3.66. The van der Waals surface area contributed by atoms with Crippen LogP contribution in [0.15, 0.2) is 53.6 Å². The molecule has 1 aliphatic heterocycles. The summed E-state index contributed by atoms with van der Waals surface area (Å²) in [6, 6.07) is 12.7. The quantitative estimate of drug-likeness (QED) is 0.703. The minimum atomic E-state index is -3.40. The van der Waals surface area contributed by atoms with Crippen molar-refractivity contribution in [3.63, 3.8) is 0 Å². The second-order valence-electron chi connectivity index (χ2n) is 5.03. The lowest BCUT2D eigenvalue weighted by Gasteiger charge is -2.34. The van der Waals surface area contributed by atoms with Crippen LogP contribution in [0.3, 0.4) is 0 Å². The first-order valence-electron chi connectivity index (χ1n) is 6.99. The van der Waals surface area contributed by atoms with E-state index in [1.54, 1.807) is 22.6 Å². The average molecular weight is 429 g/mol. The number of rotatable bonds is 3. The number of aromatic nitrogens is 1. The van der Waals surface area contributed by atoms with Crippen LogP contribution in [0.25, 0.3) is 0 Å². The van der Waals surface area contributed by atoms with Crippen molar-refractivity contribution in [2.75, 3.05) is 31.1 Å². The Morgan fingerprint density at radius 3 is 2.23 bits per heavy atom. The van der Waals surface area contributed by atoms with Gasteiger partial charge in [0, 0.05) is 35.9 Å². The van der Waals surface area contributed by atoms with Crippen LogP contribution in [0.1, 0.15) is 0 Å². The zero-order valence-corrected chi connectivity index (χ0v) is 14.9. The maximum atomic E-state index is 12.6. The molecule has 0 saturated carbocycles. The Balaban J connectivity index is 1.72. The fraction of sp³-hybridized carbons (Fsp3) is 0.267.